The summed E-state index contributed by atoms with van der Waals surface area (Å²) in [5.41, 5.74) is 2.42. The van der Waals surface area contributed by atoms with Crippen LogP contribution in [0.2, 0.25) is 0 Å². The van der Waals surface area contributed by atoms with E-state index in [2.05, 4.69) is 15.2 Å². The zero-order valence-electron chi connectivity index (χ0n) is 12.0. The standard InChI is InChI=1S/C15H15N3O3/c1-19-11-7-9(8-12(20-2)14(11)21-3)13-10-5-4-6-16-15(10)18-17-13/h4-8H,1-3H3,(H,16,17,18). The molecule has 0 bridgehead atoms. The first-order chi connectivity index (χ1) is 10.3. The molecule has 0 saturated carbocycles. The van der Waals surface area contributed by atoms with Crippen LogP contribution in [0.15, 0.2) is 30.5 Å². The molecule has 6 nitrogen and oxygen atoms in total. The predicted octanol–water partition coefficient (Wildman–Crippen LogP) is 2.65. The van der Waals surface area contributed by atoms with Crippen LogP contribution < -0.4 is 14.2 Å². The lowest BCUT2D eigenvalue weighted by Gasteiger charge is -2.13. The molecule has 0 aliphatic heterocycles. The minimum absolute atomic E-state index is 0.561. The van der Waals surface area contributed by atoms with Crippen molar-refractivity contribution in [1.29, 1.82) is 0 Å². The van der Waals surface area contributed by atoms with Gasteiger partial charge in [-0.05, 0) is 24.3 Å². The first kappa shape index (κ1) is 13.2. The van der Waals surface area contributed by atoms with E-state index < -0.39 is 0 Å². The summed E-state index contributed by atoms with van der Waals surface area (Å²) in [4.78, 5) is 4.22. The molecule has 0 aliphatic carbocycles. The number of hydrogen-bond donors (Lipinski definition) is 1. The summed E-state index contributed by atoms with van der Waals surface area (Å²) in [5.74, 6) is 1.75. The molecule has 0 unspecified atom stereocenters. The van der Waals surface area contributed by atoms with Gasteiger partial charge >= 0.3 is 0 Å². The van der Waals surface area contributed by atoms with Crippen LogP contribution in [0.3, 0.4) is 0 Å². The van der Waals surface area contributed by atoms with Gasteiger partial charge in [-0.25, -0.2) is 4.98 Å². The lowest BCUT2D eigenvalue weighted by molar-refractivity contribution is 0.324. The van der Waals surface area contributed by atoms with Gasteiger partial charge in [0.25, 0.3) is 0 Å². The highest BCUT2D eigenvalue weighted by Gasteiger charge is 2.16. The lowest BCUT2D eigenvalue weighted by atomic mass is 10.1. The summed E-state index contributed by atoms with van der Waals surface area (Å²) in [7, 11) is 4.76. The van der Waals surface area contributed by atoms with Gasteiger partial charge < -0.3 is 14.2 Å². The first-order valence-electron chi connectivity index (χ1n) is 6.38. The molecule has 0 saturated heterocycles. The third-order valence-corrected chi connectivity index (χ3v) is 3.28. The van der Waals surface area contributed by atoms with Gasteiger partial charge in [0.05, 0.1) is 27.0 Å². The van der Waals surface area contributed by atoms with Gasteiger partial charge in [-0.15, -0.1) is 0 Å². The second-order valence-electron chi connectivity index (χ2n) is 4.39. The molecule has 0 atom stereocenters. The summed E-state index contributed by atoms with van der Waals surface area (Å²) >= 11 is 0. The van der Waals surface area contributed by atoms with Crippen LogP contribution in [0.1, 0.15) is 0 Å². The molecule has 0 fully saturated rings. The van der Waals surface area contributed by atoms with Crippen molar-refractivity contribution >= 4 is 11.0 Å². The molecule has 2 heterocycles. The van der Waals surface area contributed by atoms with Crippen molar-refractivity contribution in [3.8, 4) is 28.5 Å². The number of aromatic nitrogens is 3. The number of hydrogen-bond acceptors (Lipinski definition) is 5. The van der Waals surface area contributed by atoms with Crippen LogP contribution in [0, 0.1) is 0 Å². The van der Waals surface area contributed by atoms with Gasteiger partial charge in [0.1, 0.15) is 0 Å². The molecule has 0 spiro atoms. The molecule has 0 radical (unpaired) electrons. The molecule has 0 aliphatic rings. The van der Waals surface area contributed by atoms with E-state index in [9.17, 15) is 0 Å². The number of fused-ring (bicyclic) bond motifs is 1. The van der Waals surface area contributed by atoms with E-state index in [1.807, 2.05) is 24.3 Å². The molecular weight excluding hydrogens is 270 g/mol. The minimum atomic E-state index is 0.561. The van der Waals surface area contributed by atoms with Gasteiger partial charge in [-0.1, -0.05) is 0 Å². The number of ether oxygens (including phenoxy) is 3. The number of aromatic amines is 1. The largest absolute Gasteiger partial charge is 0.493 e. The third kappa shape index (κ3) is 2.14. The lowest BCUT2D eigenvalue weighted by Crippen LogP contribution is -1.95. The van der Waals surface area contributed by atoms with Gasteiger partial charge in [-0.2, -0.15) is 5.10 Å². The highest BCUT2D eigenvalue weighted by molar-refractivity contribution is 5.91. The zero-order chi connectivity index (χ0) is 14.8. The Bertz CT molecular complexity index is 758. The quantitative estimate of drug-likeness (QED) is 0.798. The Morgan fingerprint density at radius 2 is 1.71 bits per heavy atom. The SMILES string of the molecule is COc1cc(-c2[nH]nc3ncccc23)cc(OC)c1OC. The second kappa shape index (κ2) is 5.32. The smallest absolute Gasteiger partial charge is 0.203 e. The number of nitrogens with one attached hydrogen (secondary N) is 1. The van der Waals surface area contributed by atoms with Gasteiger partial charge in [0.2, 0.25) is 5.75 Å². The summed E-state index contributed by atoms with van der Waals surface area (Å²) in [6, 6.07) is 7.59. The molecule has 3 rings (SSSR count). The van der Waals surface area contributed by atoms with Crippen LogP contribution >= 0.6 is 0 Å². The highest BCUT2D eigenvalue weighted by Crippen LogP contribution is 2.41. The average Bonchev–Trinajstić information content (AvgIpc) is 2.97. The summed E-state index contributed by atoms with van der Waals surface area (Å²) < 4.78 is 16.1. The average molecular weight is 285 g/mol. The number of nitrogens with zero attached hydrogens (tertiary/aromatic N) is 2. The molecule has 0 amide bonds. The third-order valence-electron chi connectivity index (χ3n) is 3.28. The summed E-state index contributed by atoms with van der Waals surface area (Å²) in [6.45, 7) is 0. The summed E-state index contributed by atoms with van der Waals surface area (Å²) in [5, 5.41) is 8.14. The van der Waals surface area contributed by atoms with Crippen molar-refractivity contribution in [3.05, 3.63) is 30.5 Å². The van der Waals surface area contributed by atoms with Crippen LogP contribution in [0.4, 0.5) is 0 Å². The zero-order valence-corrected chi connectivity index (χ0v) is 12.0. The Labute approximate surface area is 121 Å². The fourth-order valence-electron chi connectivity index (χ4n) is 2.30. The van der Waals surface area contributed by atoms with E-state index >= 15 is 0 Å². The van der Waals surface area contributed by atoms with Crippen LogP contribution in [-0.4, -0.2) is 36.5 Å². The van der Waals surface area contributed by atoms with E-state index in [-0.39, 0.29) is 0 Å². The predicted molar refractivity (Wildman–Crippen MR) is 79.0 cm³/mol. The van der Waals surface area contributed by atoms with Gasteiger partial charge in [0, 0.05) is 17.1 Å². The first-order valence-corrected chi connectivity index (χ1v) is 6.38. The molecule has 2 aromatic heterocycles. The van der Waals surface area contributed by atoms with E-state index in [0.717, 1.165) is 16.6 Å². The Morgan fingerprint density at radius 3 is 2.33 bits per heavy atom. The van der Waals surface area contributed by atoms with Crippen molar-refractivity contribution in [2.75, 3.05) is 21.3 Å². The molecular formula is C15H15N3O3. The number of rotatable bonds is 4. The van der Waals surface area contributed by atoms with Gasteiger partial charge in [0.15, 0.2) is 17.1 Å². The van der Waals surface area contributed by atoms with Crippen LogP contribution in [-0.2, 0) is 0 Å². The maximum Gasteiger partial charge on any atom is 0.203 e. The van der Waals surface area contributed by atoms with E-state index in [0.29, 0.717) is 22.9 Å². The Hall–Kier alpha value is -2.76. The van der Waals surface area contributed by atoms with Crippen molar-refractivity contribution in [2.24, 2.45) is 0 Å². The minimum Gasteiger partial charge on any atom is -0.493 e. The Kier molecular flexibility index (Phi) is 3.35. The number of H-pyrrole nitrogens is 1. The van der Waals surface area contributed by atoms with E-state index in [4.69, 9.17) is 14.2 Å². The maximum absolute atomic E-state index is 5.37. The van der Waals surface area contributed by atoms with Crippen molar-refractivity contribution in [3.63, 3.8) is 0 Å². The van der Waals surface area contributed by atoms with Crippen molar-refractivity contribution < 1.29 is 14.2 Å². The Balaban J connectivity index is 2.23. The monoisotopic (exact) mass is 285 g/mol. The fraction of sp³-hybridized carbons (Fsp3) is 0.200. The van der Waals surface area contributed by atoms with Gasteiger partial charge in [-0.3, -0.25) is 5.10 Å². The van der Waals surface area contributed by atoms with Crippen LogP contribution in [0.25, 0.3) is 22.3 Å². The number of benzene rings is 1. The molecule has 21 heavy (non-hydrogen) atoms. The van der Waals surface area contributed by atoms with Crippen molar-refractivity contribution in [1.82, 2.24) is 15.2 Å². The molecule has 3 aromatic rings. The Morgan fingerprint density at radius 1 is 1.00 bits per heavy atom. The topological polar surface area (TPSA) is 69.3 Å². The van der Waals surface area contributed by atoms with Crippen LogP contribution in [0.5, 0.6) is 17.2 Å². The molecule has 1 aromatic carbocycles. The molecule has 6 heteroatoms. The maximum atomic E-state index is 5.37. The number of pyridine rings is 1. The summed E-state index contributed by atoms with van der Waals surface area (Å²) in [6.07, 6.45) is 1.71. The number of methoxy groups -OCH3 is 3. The highest BCUT2D eigenvalue weighted by atomic mass is 16.5. The molecule has 1 N–H and O–H groups in total. The molecule has 108 valence electrons. The normalized spacial score (nSPS) is 10.6. The van der Waals surface area contributed by atoms with E-state index in [1.165, 1.54) is 0 Å². The second-order valence-corrected chi connectivity index (χ2v) is 4.39. The van der Waals surface area contributed by atoms with Crippen molar-refractivity contribution in [2.45, 2.75) is 0 Å². The fourth-order valence-corrected chi connectivity index (χ4v) is 2.30. The van der Waals surface area contributed by atoms with E-state index in [1.54, 1.807) is 27.5 Å².